The zero-order chi connectivity index (χ0) is 38.1. The molecule has 10 unspecified atom stereocenters. The van der Waals surface area contributed by atoms with Crippen LogP contribution in [0.1, 0.15) is 113 Å². The molecule has 1 amide bonds. The van der Waals surface area contributed by atoms with Gasteiger partial charge in [-0.25, -0.2) is 4.79 Å². The molecule has 4 rings (SSSR count). The summed E-state index contributed by atoms with van der Waals surface area (Å²) in [6.07, 6.45) is 12.9. The van der Waals surface area contributed by atoms with Gasteiger partial charge in [0.15, 0.2) is 6.10 Å². The highest BCUT2D eigenvalue weighted by molar-refractivity contribution is 5.70. The summed E-state index contributed by atoms with van der Waals surface area (Å²) in [7, 11) is 0. The molecule has 0 aliphatic carbocycles. The first-order valence-corrected chi connectivity index (χ1v) is 20.0. The summed E-state index contributed by atoms with van der Waals surface area (Å²) < 4.78 is 24.3. The van der Waals surface area contributed by atoms with Crippen LogP contribution in [0.4, 0.5) is 4.79 Å². The number of hydrogen-bond acceptors (Lipinski definition) is 10. The Labute approximate surface area is 312 Å². The highest BCUT2D eigenvalue weighted by atomic mass is 16.6. The Morgan fingerprint density at radius 1 is 1.13 bits per heavy atom. The molecule has 4 aliphatic heterocycles. The number of carbonyl (C=O) groups is 2. The van der Waals surface area contributed by atoms with Crippen molar-refractivity contribution in [2.24, 2.45) is 11.8 Å². The molecule has 0 bridgehead atoms. The summed E-state index contributed by atoms with van der Waals surface area (Å²) in [6, 6.07) is 0.507. The molecule has 4 heterocycles. The number of allylic oxidation sites excluding steroid dienone is 2. The van der Waals surface area contributed by atoms with E-state index in [9.17, 15) is 24.9 Å². The lowest BCUT2D eigenvalue weighted by atomic mass is 9.88. The monoisotopic (exact) mass is 732 g/mol. The Bertz CT molecular complexity index is 1240. The number of likely N-dealkylation sites (tertiary alicyclic amines) is 2. The van der Waals surface area contributed by atoms with E-state index in [1.165, 1.54) is 19.3 Å². The average Bonchev–Trinajstić information content (AvgIpc) is 3.88. The largest absolute Gasteiger partial charge is 0.457 e. The van der Waals surface area contributed by atoms with Crippen LogP contribution in [0.5, 0.6) is 0 Å². The second-order valence-corrected chi connectivity index (χ2v) is 16.2. The number of rotatable bonds is 12. The van der Waals surface area contributed by atoms with Crippen LogP contribution in [0.25, 0.3) is 0 Å². The van der Waals surface area contributed by atoms with Crippen LogP contribution >= 0.6 is 0 Å². The minimum atomic E-state index is -1.14. The van der Waals surface area contributed by atoms with E-state index in [-0.39, 0.29) is 43.0 Å². The van der Waals surface area contributed by atoms with Gasteiger partial charge in [0.2, 0.25) is 0 Å². The number of amides is 1. The number of ether oxygens (including phenoxy) is 4. The molecular formula is C41H68N2O9. The molecule has 11 nitrogen and oxygen atoms in total. The number of cyclic esters (lactones) is 1. The highest BCUT2D eigenvalue weighted by Crippen LogP contribution is 2.38. The number of hydrogen-bond donors (Lipinski definition) is 3. The summed E-state index contributed by atoms with van der Waals surface area (Å²) >= 11 is 0. The van der Waals surface area contributed by atoms with Gasteiger partial charge < -0.3 is 44.1 Å². The van der Waals surface area contributed by atoms with Crippen molar-refractivity contribution in [3.05, 3.63) is 36.0 Å². The van der Waals surface area contributed by atoms with Crippen molar-refractivity contribution in [1.82, 2.24) is 9.80 Å². The van der Waals surface area contributed by atoms with Crippen molar-refractivity contribution in [1.29, 1.82) is 0 Å². The lowest BCUT2D eigenvalue weighted by Gasteiger charge is -2.41. The standard InChI is InChI=1S/C41H68N2O9/c1-8-33(45)30(5)38-34(50-38)27-40(6,48)20-13-14-28(3)37-29(4)15-16-35(41(7,49-9-2)21-17-32(44)26-36(46)52-37)51-39(47)43-24-18-31(19-25-43)42-22-11-10-12-23-42/h13-16,20,29-35,37-38,44-45,48H,8-12,17-19,21-27H2,1-7H3. The van der Waals surface area contributed by atoms with E-state index in [2.05, 4.69) is 4.90 Å². The zero-order valence-electron chi connectivity index (χ0n) is 32.9. The van der Waals surface area contributed by atoms with Crippen LogP contribution in [-0.2, 0) is 23.7 Å². The third-order valence-corrected chi connectivity index (χ3v) is 11.7. The van der Waals surface area contributed by atoms with Crippen LogP contribution in [0.15, 0.2) is 36.0 Å². The molecule has 52 heavy (non-hydrogen) atoms. The molecule has 296 valence electrons. The quantitative estimate of drug-likeness (QED) is 0.0990. The minimum absolute atomic E-state index is 0.00266. The lowest BCUT2D eigenvalue weighted by molar-refractivity contribution is -0.152. The lowest BCUT2D eigenvalue weighted by Crippen LogP contribution is -2.51. The molecule has 0 saturated carbocycles. The van der Waals surface area contributed by atoms with E-state index in [0.29, 0.717) is 45.0 Å². The Morgan fingerprint density at radius 2 is 1.83 bits per heavy atom. The Kier molecular flexibility index (Phi) is 15.8. The van der Waals surface area contributed by atoms with Crippen molar-refractivity contribution in [2.75, 3.05) is 32.8 Å². The van der Waals surface area contributed by atoms with Gasteiger partial charge >= 0.3 is 12.1 Å². The second-order valence-electron chi connectivity index (χ2n) is 16.2. The molecule has 0 aromatic heterocycles. The molecule has 10 atom stereocenters. The van der Waals surface area contributed by atoms with E-state index in [0.717, 1.165) is 31.5 Å². The predicted octanol–water partition coefficient (Wildman–Crippen LogP) is 5.70. The van der Waals surface area contributed by atoms with Crippen LogP contribution in [0.2, 0.25) is 0 Å². The smallest absolute Gasteiger partial charge is 0.410 e. The Balaban J connectivity index is 1.47. The van der Waals surface area contributed by atoms with Crippen molar-refractivity contribution in [2.45, 2.75) is 167 Å². The fourth-order valence-electron chi connectivity index (χ4n) is 8.15. The molecular weight excluding hydrogens is 664 g/mol. The Hall–Kier alpha value is -2.28. The van der Waals surface area contributed by atoms with Crippen LogP contribution in [0.3, 0.4) is 0 Å². The molecule has 4 aliphatic rings. The summed E-state index contributed by atoms with van der Waals surface area (Å²) in [6.45, 7) is 17.2. The Morgan fingerprint density at radius 3 is 2.48 bits per heavy atom. The summed E-state index contributed by atoms with van der Waals surface area (Å²) in [5.41, 5.74) is -1.32. The topological polar surface area (TPSA) is 142 Å². The third-order valence-electron chi connectivity index (χ3n) is 11.7. The molecule has 0 aromatic carbocycles. The minimum Gasteiger partial charge on any atom is -0.457 e. The van der Waals surface area contributed by atoms with Gasteiger partial charge in [-0.15, -0.1) is 0 Å². The first-order valence-electron chi connectivity index (χ1n) is 20.0. The van der Waals surface area contributed by atoms with Crippen molar-refractivity contribution in [3.8, 4) is 0 Å². The molecule has 0 aromatic rings. The molecule has 11 heteroatoms. The maximum absolute atomic E-state index is 13.7. The van der Waals surface area contributed by atoms with Gasteiger partial charge in [-0.3, -0.25) is 4.79 Å². The predicted molar refractivity (Wildman–Crippen MR) is 201 cm³/mol. The van der Waals surface area contributed by atoms with Crippen molar-refractivity contribution < 1.29 is 43.9 Å². The van der Waals surface area contributed by atoms with Crippen LogP contribution in [0, 0.1) is 11.8 Å². The van der Waals surface area contributed by atoms with E-state index in [1.54, 1.807) is 24.0 Å². The number of aliphatic hydroxyl groups is 3. The van der Waals surface area contributed by atoms with Gasteiger partial charge in [0, 0.05) is 44.0 Å². The van der Waals surface area contributed by atoms with Gasteiger partial charge in [-0.1, -0.05) is 51.5 Å². The van der Waals surface area contributed by atoms with Crippen molar-refractivity contribution in [3.63, 3.8) is 0 Å². The van der Waals surface area contributed by atoms with Crippen molar-refractivity contribution >= 4 is 12.1 Å². The number of esters is 1. The zero-order valence-corrected chi connectivity index (χ0v) is 32.9. The van der Waals surface area contributed by atoms with E-state index in [4.69, 9.17) is 18.9 Å². The van der Waals surface area contributed by atoms with Gasteiger partial charge in [-0.2, -0.15) is 0 Å². The number of epoxide rings is 1. The normalized spacial score (nSPS) is 34.2. The van der Waals surface area contributed by atoms with Gasteiger partial charge in [-0.05, 0) is 97.4 Å². The molecule has 0 radical (unpaired) electrons. The maximum Gasteiger partial charge on any atom is 0.410 e. The fourth-order valence-corrected chi connectivity index (χ4v) is 8.15. The highest BCUT2D eigenvalue weighted by Gasteiger charge is 2.47. The summed E-state index contributed by atoms with van der Waals surface area (Å²) in [4.78, 5) is 31.1. The number of nitrogens with zero attached hydrogens (tertiary/aromatic N) is 2. The van der Waals surface area contributed by atoms with Gasteiger partial charge in [0.25, 0.3) is 0 Å². The summed E-state index contributed by atoms with van der Waals surface area (Å²) in [5.74, 6) is -0.821. The molecule has 0 spiro atoms. The maximum atomic E-state index is 13.7. The number of piperidine rings is 2. The number of carbonyl (C=O) groups excluding carboxylic acids is 2. The SMILES string of the molecule is CCOC1(C)CCC(O)CC(=O)OC(C(C)=CC=CC(C)(O)CC2OC2C(C)C(O)CC)C(C)C=CC1OC(=O)N1CCC(N2CCCCC2)CC1. The van der Waals surface area contributed by atoms with E-state index < -0.39 is 41.6 Å². The molecule has 3 fully saturated rings. The fraction of sp³-hybridized carbons (Fsp3) is 0.805. The summed E-state index contributed by atoms with van der Waals surface area (Å²) in [5, 5.41) is 32.2. The van der Waals surface area contributed by atoms with E-state index >= 15 is 0 Å². The van der Waals surface area contributed by atoms with Crippen LogP contribution < -0.4 is 0 Å². The first-order chi connectivity index (χ1) is 24.7. The number of aliphatic hydroxyl groups excluding tert-OH is 2. The average molecular weight is 733 g/mol. The van der Waals surface area contributed by atoms with Crippen LogP contribution in [-0.4, -0.2) is 124 Å². The van der Waals surface area contributed by atoms with E-state index in [1.807, 2.05) is 59.8 Å². The molecule has 3 N–H and O–H groups in total. The molecule has 3 saturated heterocycles. The van der Waals surface area contributed by atoms with Gasteiger partial charge in [0.05, 0.1) is 36.4 Å². The first kappa shape index (κ1) is 42.5. The second kappa shape index (κ2) is 19.4. The third kappa shape index (κ3) is 12.1. The van der Waals surface area contributed by atoms with Gasteiger partial charge in [0.1, 0.15) is 11.7 Å².